The highest BCUT2D eigenvalue weighted by molar-refractivity contribution is 6.32. The average molecular weight is 311 g/mol. The summed E-state index contributed by atoms with van der Waals surface area (Å²) in [5.74, 6) is 0.528. The minimum atomic E-state index is -0.103. The Morgan fingerprint density at radius 2 is 2.19 bits per heavy atom. The van der Waals surface area contributed by atoms with Crippen molar-refractivity contribution in [2.45, 2.75) is 45.1 Å². The van der Waals surface area contributed by atoms with Crippen LogP contribution in [0.5, 0.6) is 5.75 Å². The first kappa shape index (κ1) is 16.1. The maximum Gasteiger partial charge on any atom is 0.229 e. The highest BCUT2D eigenvalue weighted by Crippen LogP contribution is 2.29. The van der Waals surface area contributed by atoms with E-state index in [4.69, 9.17) is 22.1 Å². The second-order valence-electron chi connectivity index (χ2n) is 5.54. The van der Waals surface area contributed by atoms with Crippen LogP contribution < -0.4 is 15.8 Å². The fourth-order valence-corrected chi connectivity index (χ4v) is 2.86. The molecule has 5 heteroatoms. The second kappa shape index (κ2) is 7.66. The molecule has 1 saturated carbocycles. The van der Waals surface area contributed by atoms with Crippen LogP contribution in [0.25, 0.3) is 0 Å². The zero-order chi connectivity index (χ0) is 15.2. The number of nitrogens with two attached hydrogens (primary N) is 1. The topological polar surface area (TPSA) is 64.3 Å². The van der Waals surface area contributed by atoms with Crippen LogP contribution in [0.1, 0.15) is 39.0 Å². The van der Waals surface area contributed by atoms with E-state index in [0.717, 1.165) is 32.1 Å². The summed E-state index contributed by atoms with van der Waals surface area (Å²) in [6.45, 7) is 2.66. The lowest BCUT2D eigenvalue weighted by atomic mass is 9.84. The lowest BCUT2D eigenvalue weighted by Gasteiger charge is -2.27. The predicted molar refractivity (Wildman–Crippen MR) is 85.8 cm³/mol. The molecule has 1 aliphatic carbocycles. The van der Waals surface area contributed by atoms with Crippen LogP contribution in [0.4, 0.5) is 5.69 Å². The Morgan fingerprint density at radius 1 is 1.43 bits per heavy atom. The van der Waals surface area contributed by atoms with Gasteiger partial charge in [0, 0.05) is 11.7 Å². The third kappa shape index (κ3) is 4.35. The number of ether oxygens (including phenoxy) is 1. The summed E-state index contributed by atoms with van der Waals surface area (Å²) in [6, 6.07) is 5.28. The third-order valence-corrected chi connectivity index (χ3v) is 4.11. The molecule has 3 N–H and O–H groups in total. The first-order valence-electron chi connectivity index (χ1n) is 7.60. The molecular formula is C16H23ClN2O2. The van der Waals surface area contributed by atoms with E-state index in [-0.39, 0.29) is 17.9 Å². The molecule has 0 saturated heterocycles. The van der Waals surface area contributed by atoms with E-state index in [2.05, 4.69) is 5.32 Å². The molecule has 0 aromatic heterocycles. The van der Waals surface area contributed by atoms with Crippen molar-refractivity contribution in [1.29, 1.82) is 0 Å². The molecule has 2 rings (SSSR count). The minimum absolute atomic E-state index is 0.0134. The van der Waals surface area contributed by atoms with Gasteiger partial charge in [0.15, 0.2) is 0 Å². The van der Waals surface area contributed by atoms with Crippen molar-refractivity contribution < 1.29 is 9.53 Å². The molecule has 4 nitrogen and oxygen atoms in total. The fraction of sp³-hybridized carbons (Fsp3) is 0.562. The number of carbonyl (C=O) groups is 1. The molecule has 0 heterocycles. The highest BCUT2D eigenvalue weighted by atomic mass is 35.5. The van der Waals surface area contributed by atoms with Crippen molar-refractivity contribution in [3.63, 3.8) is 0 Å². The van der Waals surface area contributed by atoms with Crippen LogP contribution in [0, 0.1) is 5.92 Å². The Bertz CT molecular complexity index is 493. The van der Waals surface area contributed by atoms with E-state index in [1.165, 1.54) is 0 Å². The SMILES string of the molecule is CCCOc1ccc(NC(=O)C2CCCCC2N)cc1Cl. The zero-order valence-corrected chi connectivity index (χ0v) is 13.2. The van der Waals surface area contributed by atoms with Gasteiger partial charge in [0.05, 0.1) is 17.5 Å². The van der Waals surface area contributed by atoms with Gasteiger partial charge in [-0.3, -0.25) is 4.79 Å². The molecule has 2 unspecified atom stereocenters. The Morgan fingerprint density at radius 3 is 2.86 bits per heavy atom. The summed E-state index contributed by atoms with van der Waals surface area (Å²) in [6.07, 6.45) is 4.88. The lowest BCUT2D eigenvalue weighted by Crippen LogP contribution is -2.40. The van der Waals surface area contributed by atoms with Crippen LogP contribution in [0.15, 0.2) is 18.2 Å². The third-order valence-electron chi connectivity index (χ3n) is 3.82. The van der Waals surface area contributed by atoms with E-state index in [0.29, 0.717) is 23.1 Å². The summed E-state index contributed by atoms with van der Waals surface area (Å²) < 4.78 is 5.51. The zero-order valence-electron chi connectivity index (χ0n) is 12.4. The number of amides is 1. The minimum Gasteiger partial charge on any atom is -0.492 e. The summed E-state index contributed by atoms with van der Waals surface area (Å²) in [5, 5.41) is 3.42. The van der Waals surface area contributed by atoms with Crippen LogP contribution in [0.3, 0.4) is 0 Å². The molecule has 1 aromatic carbocycles. The van der Waals surface area contributed by atoms with Gasteiger partial charge >= 0.3 is 0 Å². The van der Waals surface area contributed by atoms with Crippen molar-refractivity contribution in [2.75, 3.05) is 11.9 Å². The fourth-order valence-electron chi connectivity index (χ4n) is 2.63. The Balaban J connectivity index is 1.99. The number of anilines is 1. The molecule has 0 spiro atoms. The van der Waals surface area contributed by atoms with Gasteiger partial charge in [0.25, 0.3) is 0 Å². The van der Waals surface area contributed by atoms with Gasteiger partial charge < -0.3 is 15.8 Å². The monoisotopic (exact) mass is 310 g/mol. The molecule has 0 bridgehead atoms. The number of carbonyl (C=O) groups excluding carboxylic acids is 1. The first-order chi connectivity index (χ1) is 10.1. The van der Waals surface area contributed by atoms with Gasteiger partial charge in [-0.1, -0.05) is 31.4 Å². The summed E-state index contributed by atoms with van der Waals surface area (Å²) in [7, 11) is 0. The molecule has 21 heavy (non-hydrogen) atoms. The van der Waals surface area contributed by atoms with Crippen LogP contribution in [0.2, 0.25) is 5.02 Å². The Labute approximate surface area is 131 Å². The number of hydrogen-bond donors (Lipinski definition) is 2. The normalized spacial score (nSPS) is 21.9. The van der Waals surface area contributed by atoms with Crippen LogP contribution >= 0.6 is 11.6 Å². The van der Waals surface area contributed by atoms with Crippen molar-refractivity contribution in [3.8, 4) is 5.75 Å². The number of rotatable bonds is 5. The quantitative estimate of drug-likeness (QED) is 0.873. The smallest absolute Gasteiger partial charge is 0.229 e. The van der Waals surface area contributed by atoms with Crippen LogP contribution in [-0.4, -0.2) is 18.6 Å². The maximum absolute atomic E-state index is 12.3. The molecule has 116 valence electrons. The number of benzene rings is 1. The second-order valence-corrected chi connectivity index (χ2v) is 5.94. The van der Waals surface area contributed by atoms with Crippen molar-refractivity contribution in [3.05, 3.63) is 23.2 Å². The molecule has 0 aliphatic heterocycles. The summed E-state index contributed by atoms with van der Waals surface area (Å²) in [5.41, 5.74) is 6.72. The molecule has 1 fully saturated rings. The van der Waals surface area contributed by atoms with Gasteiger partial charge in [0.1, 0.15) is 5.75 Å². The summed E-state index contributed by atoms with van der Waals surface area (Å²) >= 11 is 6.16. The number of nitrogens with one attached hydrogen (secondary N) is 1. The van der Waals surface area contributed by atoms with Crippen molar-refractivity contribution in [2.24, 2.45) is 11.7 Å². The Hall–Kier alpha value is -1.26. The number of hydrogen-bond acceptors (Lipinski definition) is 3. The predicted octanol–water partition coefficient (Wildman–Crippen LogP) is 3.58. The van der Waals surface area contributed by atoms with Crippen LogP contribution in [-0.2, 0) is 4.79 Å². The van der Waals surface area contributed by atoms with Gasteiger partial charge in [-0.05, 0) is 37.5 Å². The van der Waals surface area contributed by atoms with Crippen molar-refractivity contribution >= 4 is 23.2 Å². The summed E-state index contributed by atoms with van der Waals surface area (Å²) in [4.78, 5) is 12.3. The number of halogens is 1. The largest absolute Gasteiger partial charge is 0.492 e. The molecular weight excluding hydrogens is 288 g/mol. The molecule has 1 amide bonds. The highest BCUT2D eigenvalue weighted by Gasteiger charge is 2.28. The van der Waals surface area contributed by atoms with Crippen molar-refractivity contribution in [1.82, 2.24) is 0 Å². The van der Waals surface area contributed by atoms with Gasteiger partial charge in [-0.15, -0.1) is 0 Å². The van der Waals surface area contributed by atoms with Gasteiger partial charge in [0.2, 0.25) is 5.91 Å². The average Bonchev–Trinajstić information content (AvgIpc) is 2.47. The van der Waals surface area contributed by atoms with E-state index in [9.17, 15) is 4.79 Å². The Kier molecular flexibility index (Phi) is 5.88. The molecule has 1 aliphatic rings. The molecule has 2 atom stereocenters. The van der Waals surface area contributed by atoms with E-state index >= 15 is 0 Å². The standard InChI is InChI=1S/C16H23ClN2O2/c1-2-9-21-15-8-7-11(10-13(15)17)19-16(20)12-5-3-4-6-14(12)18/h7-8,10,12,14H,2-6,9,18H2,1H3,(H,19,20). The van der Waals surface area contributed by atoms with Gasteiger partial charge in [-0.2, -0.15) is 0 Å². The van der Waals surface area contributed by atoms with E-state index in [1.54, 1.807) is 12.1 Å². The molecule has 1 aromatic rings. The van der Waals surface area contributed by atoms with Gasteiger partial charge in [-0.25, -0.2) is 0 Å². The first-order valence-corrected chi connectivity index (χ1v) is 7.98. The maximum atomic E-state index is 12.3. The van der Waals surface area contributed by atoms with E-state index < -0.39 is 0 Å². The molecule has 0 radical (unpaired) electrons. The lowest BCUT2D eigenvalue weighted by molar-refractivity contribution is -0.121. The van der Waals surface area contributed by atoms with E-state index in [1.807, 2.05) is 13.0 Å².